The molecular formula is C30H33N3O5. The van der Waals surface area contributed by atoms with Crippen LogP contribution >= 0.6 is 0 Å². The van der Waals surface area contributed by atoms with Crippen molar-refractivity contribution in [3.8, 4) is 11.8 Å². The third kappa shape index (κ3) is 8.39. The molecule has 0 bridgehead atoms. The van der Waals surface area contributed by atoms with Crippen LogP contribution in [0.4, 0.5) is 5.69 Å². The fourth-order valence-corrected chi connectivity index (χ4v) is 3.59. The fourth-order valence-electron chi connectivity index (χ4n) is 3.59. The van der Waals surface area contributed by atoms with E-state index in [4.69, 9.17) is 5.11 Å². The van der Waals surface area contributed by atoms with Gasteiger partial charge in [-0.1, -0.05) is 42.2 Å². The van der Waals surface area contributed by atoms with Crippen LogP contribution in [0.15, 0.2) is 78.9 Å². The first kappa shape index (κ1) is 28.3. The van der Waals surface area contributed by atoms with Crippen molar-refractivity contribution in [2.75, 3.05) is 18.5 Å². The number of carbonyl (C=O) groups is 3. The zero-order valence-corrected chi connectivity index (χ0v) is 21.3. The number of Topliss-reactive ketones (excluding diaryl/α,β-unsaturated/α-hetero) is 1. The molecule has 0 saturated heterocycles. The van der Waals surface area contributed by atoms with Crippen molar-refractivity contribution >= 4 is 23.3 Å². The van der Waals surface area contributed by atoms with E-state index in [1.165, 1.54) is 6.92 Å². The molecule has 0 spiro atoms. The lowest BCUT2D eigenvalue weighted by Gasteiger charge is -2.19. The maximum atomic E-state index is 12.4. The molecular weight excluding hydrogens is 482 g/mol. The number of hydrogen-bond acceptors (Lipinski definition) is 6. The summed E-state index contributed by atoms with van der Waals surface area (Å²) < 4.78 is 0. The Labute approximate surface area is 223 Å². The van der Waals surface area contributed by atoms with Crippen molar-refractivity contribution in [2.45, 2.75) is 32.0 Å². The third-order valence-electron chi connectivity index (χ3n) is 5.81. The van der Waals surface area contributed by atoms with Gasteiger partial charge in [0.1, 0.15) is 12.6 Å². The third-order valence-corrected chi connectivity index (χ3v) is 5.81. The fraction of sp³-hybridized carbons (Fsp3) is 0.233. The van der Waals surface area contributed by atoms with Crippen molar-refractivity contribution in [1.29, 1.82) is 0 Å². The molecule has 3 aromatic carbocycles. The topological polar surface area (TPSA) is 128 Å². The summed E-state index contributed by atoms with van der Waals surface area (Å²) in [5.41, 5.74) is 3.50. The highest BCUT2D eigenvalue weighted by atomic mass is 16.3. The molecule has 0 aliphatic carbocycles. The van der Waals surface area contributed by atoms with Crippen LogP contribution in [0, 0.1) is 11.8 Å². The number of amides is 2. The lowest BCUT2D eigenvalue weighted by atomic mass is 10.1. The van der Waals surface area contributed by atoms with Crippen molar-refractivity contribution < 1.29 is 26.0 Å². The normalized spacial score (nSPS) is 12.8. The number of benzene rings is 3. The standard InChI is InChI=1S/C30H31N3O5.H2/c1-20(24-6-4-3-5-7-24)31-18-28(37)32-26-16-12-23(13-17-26)9-8-22-10-14-25(15-11-22)30(38)33-29(21(2)35)27(36)19-34;/h3-7,10-17,20-21,29,31,34-35H,18-19H2,1-2H3,(H,32,37)(H,33,38);1H/t20-,21+,29-;/m0./s1. The highest BCUT2D eigenvalue weighted by Gasteiger charge is 2.25. The van der Waals surface area contributed by atoms with Crippen molar-refractivity contribution in [1.82, 2.24) is 10.6 Å². The van der Waals surface area contributed by atoms with E-state index in [2.05, 4.69) is 27.8 Å². The summed E-state index contributed by atoms with van der Waals surface area (Å²) in [6.45, 7) is 2.78. The largest absolute Gasteiger partial charge is 0.391 e. The summed E-state index contributed by atoms with van der Waals surface area (Å²) in [6.07, 6.45) is -1.14. The van der Waals surface area contributed by atoms with Crippen molar-refractivity contribution in [2.24, 2.45) is 0 Å². The van der Waals surface area contributed by atoms with E-state index in [0.29, 0.717) is 16.8 Å². The summed E-state index contributed by atoms with van der Waals surface area (Å²) in [7, 11) is 0. The maximum absolute atomic E-state index is 12.4. The molecule has 0 aliphatic heterocycles. The Hall–Kier alpha value is -4.29. The Morgan fingerprint density at radius 1 is 0.868 bits per heavy atom. The van der Waals surface area contributed by atoms with Crippen LogP contribution in [-0.4, -0.2) is 53.1 Å². The minimum absolute atomic E-state index is 0. The van der Waals surface area contributed by atoms with Crippen LogP contribution in [0.2, 0.25) is 0 Å². The second kappa shape index (κ2) is 13.9. The smallest absolute Gasteiger partial charge is 0.251 e. The van der Waals surface area contributed by atoms with Gasteiger partial charge in [-0.3, -0.25) is 14.4 Å². The lowest BCUT2D eigenvalue weighted by Crippen LogP contribution is -2.48. The van der Waals surface area contributed by atoms with Crippen LogP contribution in [0.1, 0.15) is 48.4 Å². The number of nitrogens with one attached hydrogen (secondary N) is 3. The number of rotatable bonds is 10. The maximum Gasteiger partial charge on any atom is 0.251 e. The van der Waals surface area contributed by atoms with Crippen LogP contribution in [0.5, 0.6) is 0 Å². The molecule has 0 radical (unpaired) electrons. The second-order valence-electron chi connectivity index (χ2n) is 8.78. The Morgan fingerprint density at radius 2 is 1.45 bits per heavy atom. The van der Waals surface area contributed by atoms with Gasteiger partial charge in [0.25, 0.3) is 5.91 Å². The first-order valence-electron chi connectivity index (χ1n) is 12.2. The average molecular weight is 516 g/mol. The van der Waals surface area contributed by atoms with Crippen molar-refractivity contribution in [3.05, 3.63) is 101 Å². The van der Waals surface area contributed by atoms with Gasteiger partial charge < -0.3 is 26.2 Å². The van der Waals surface area contributed by atoms with Gasteiger partial charge >= 0.3 is 0 Å². The van der Waals surface area contributed by atoms with E-state index in [-0.39, 0.29) is 19.9 Å². The predicted molar refractivity (Wildman–Crippen MR) is 147 cm³/mol. The van der Waals surface area contributed by atoms with Gasteiger partial charge in [-0.05, 0) is 67.9 Å². The highest BCUT2D eigenvalue weighted by Crippen LogP contribution is 2.12. The Balaban J connectivity index is 0.00000533. The van der Waals surface area contributed by atoms with Gasteiger partial charge in [0.15, 0.2) is 5.78 Å². The van der Waals surface area contributed by atoms with Gasteiger partial charge in [-0.2, -0.15) is 0 Å². The van der Waals surface area contributed by atoms with E-state index in [1.54, 1.807) is 48.5 Å². The molecule has 8 heteroatoms. The molecule has 3 atom stereocenters. The van der Waals surface area contributed by atoms with E-state index in [9.17, 15) is 19.5 Å². The number of anilines is 1. The molecule has 198 valence electrons. The van der Waals surface area contributed by atoms with Gasteiger partial charge in [-0.25, -0.2) is 0 Å². The predicted octanol–water partition coefficient (Wildman–Crippen LogP) is 2.66. The highest BCUT2D eigenvalue weighted by molar-refractivity contribution is 5.98. The van der Waals surface area contributed by atoms with Crippen molar-refractivity contribution in [3.63, 3.8) is 0 Å². The van der Waals surface area contributed by atoms with E-state index in [0.717, 1.165) is 11.1 Å². The van der Waals surface area contributed by atoms with E-state index >= 15 is 0 Å². The Kier molecular flexibility index (Phi) is 10.3. The molecule has 0 aromatic heterocycles. The molecule has 3 rings (SSSR count). The van der Waals surface area contributed by atoms with Crippen LogP contribution in [-0.2, 0) is 9.59 Å². The van der Waals surface area contributed by atoms with Crippen LogP contribution < -0.4 is 16.0 Å². The van der Waals surface area contributed by atoms with E-state index in [1.807, 2.05) is 37.3 Å². The van der Waals surface area contributed by atoms with E-state index < -0.39 is 30.4 Å². The molecule has 0 unspecified atom stereocenters. The summed E-state index contributed by atoms with van der Waals surface area (Å²) in [6, 6.07) is 22.4. The molecule has 8 nitrogen and oxygen atoms in total. The molecule has 38 heavy (non-hydrogen) atoms. The molecule has 0 saturated carbocycles. The van der Waals surface area contributed by atoms with Gasteiger partial charge in [-0.15, -0.1) is 0 Å². The summed E-state index contributed by atoms with van der Waals surface area (Å²) >= 11 is 0. The second-order valence-corrected chi connectivity index (χ2v) is 8.78. The van der Waals surface area contributed by atoms with Crippen LogP contribution in [0.3, 0.4) is 0 Å². The number of hydrogen-bond donors (Lipinski definition) is 5. The zero-order chi connectivity index (χ0) is 27.5. The first-order chi connectivity index (χ1) is 18.3. The average Bonchev–Trinajstić information content (AvgIpc) is 2.94. The minimum Gasteiger partial charge on any atom is -0.391 e. The molecule has 0 aliphatic rings. The summed E-state index contributed by atoms with van der Waals surface area (Å²) in [5.74, 6) is 4.70. The SMILES string of the molecule is C[C@H](NCC(=O)Nc1ccc(C#Cc2ccc(C(=O)N[C@H](C(=O)CO)[C@@H](C)O)cc2)cc1)c1ccccc1.[HH]. The number of carbonyl (C=O) groups excluding carboxylic acids is 3. The lowest BCUT2D eigenvalue weighted by molar-refractivity contribution is -0.125. The van der Waals surface area contributed by atoms with Gasteiger partial charge in [0, 0.05) is 29.8 Å². The van der Waals surface area contributed by atoms with Crippen LogP contribution in [0.25, 0.3) is 0 Å². The number of aliphatic hydroxyl groups excluding tert-OH is 2. The number of aliphatic hydroxyl groups is 2. The Morgan fingerprint density at radius 3 is 2.00 bits per heavy atom. The summed E-state index contributed by atoms with van der Waals surface area (Å²) in [4.78, 5) is 36.4. The monoisotopic (exact) mass is 515 g/mol. The minimum atomic E-state index is -1.19. The van der Waals surface area contributed by atoms with Gasteiger partial charge in [0.2, 0.25) is 5.91 Å². The first-order valence-corrected chi connectivity index (χ1v) is 12.2. The Bertz CT molecular complexity index is 1300. The number of ketones is 1. The van der Waals surface area contributed by atoms with Gasteiger partial charge in [0.05, 0.1) is 12.6 Å². The summed E-state index contributed by atoms with van der Waals surface area (Å²) in [5, 5.41) is 27.2. The molecule has 0 fully saturated rings. The molecule has 3 aromatic rings. The quantitative estimate of drug-likeness (QED) is 0.264. The molecule has 0 heterocycles. The molecule has 2 amide bonds. The zero-order valence-electron chi connectivity index (χ0n) is 21.3. The molecule has 5 N–H and O–H groups in total.